The molecule has 0 bridgehead atoms. The first-order chi connectivity index (χ1) is 12.2. The van der Waals surface area contributed by atoms with Crippen LogP contribution in [0.5, 0.6) is 0 Å². The van der Waals surface area contributed by atoms with Crippen LogP contribution in [0.15, 0.2) is 65.1 Å². The minimum atomic E-state index is -0.344. The molecular formula is C18H16N4O3. The highest BCUT2D eigenvalue weighted by Crippen LogP contribution is 2.16. The van der Waals surface area contributed by atoms with Gasteiger partial charge >= 0.3 is 0 Å². The third-order valence-electron chi connectivity index (χ3n) is 3.37. The molecule has 3 rings (SSSR count). The molecule has 0 aliphatic carbocycles. The molecule has 0 saturated carbocycles. The third-order valence-corrected chi connectivity index (χ3v) is 3.37. The van der Waals surface area contributed by atoms with E-state index in [1.807, 2.05) is 36.4 Å². The monoisotopic (exact) mass is 336 g/mol. The van der Waals surface area contributed by atoms with Crippen LogP contribution in [-0.4, -0.2) is 28.6 Å². The molecule has 0 atom stereocenters. The SMILES string of the molecule is O=C(CNC(=O)c1ccccc1)NCc1nnc(-c2ccccc2)o1. The largest absolute Gasteiger partial charge is 0.419 e. The second-order valence-corrected chi connectivity index (χ2v) is 5.19. The quantitative estimate of drug-likeness (QED) is 0.715. The minimum Gasteiger partial charge on any atom is -0.419 e. The molecule has 0 aliphatic rings. The van der Waals surface area contributed by atoms with Crippen molar-refractivity contribution in [3.63, 3.8) is 0 Å². The lowest BCUT2D eigenvalue weighted by atomic mass is 10.2. The predicted octanol–water partition coefficient (Wildman–Crippen LogP) is 1.78. The summed E-state index contributed by atoms with van der Waals surface area (Å²) in [6.07, 6.45) is 0. The Balaban J connectivity index is 1.47. The number of rotatable bonds is 6. The molecule has 2 aromatic carbocycles. The maximum atomic E-state index is 11.9. The summed E-state index contributed by atoms with van der Waals surface area (Å²) < 4.78 is 5.49. The average molecular weight is 336 g/mol. The summed E-state index contributed by atoms with van der Waals surface area (Å²) in [5.41, 5.74) is 1.31. The number of amides is 2. The van der Waals surface area contributed by atoms with E-state index >= 15 is 0 Å². The van der Waals surface area contributed by atoms with E-state index in [0.29, 0.717) is 17.3 Å². The number of aromatic nitrogens is 2. The number of carbonyl (C=O) groups is 2. The molecule has 126 valence electrons. The lowest BCUT2D eigenvalue weighted by molar-refractivity contribution is -0.120. The second-order valence-electron chi connectivity index (χ2n) is 5.19. The molecule has 7 nitrogen and oxygen atoms in total. The molecule has 0 aliphatic heterocycles. The molecule has 0 radical (unpaired) electrons. The maximum absolute atomic E-state index is 11.9. The van der Waals surface area contributed by atoms with Gasteiger partial charge in [0.05, 0.1) is 13.1 Å². The normalized spacial score (nSPS) is 10.2. The van der Waals surface area contributed by atoms with E-state index in [1.54, 1.807) is 24.3 Å². The molecule has 1 heterocycles. The molecule has 25 heavy (non-hydrogen) atoms. The number of hydrogen-bond donors (Lipinski definition) is 2. The van der Waals surface area contributed by atoms with Crippen LogP contribution in [0.1, 0.15) is 16.2 Å². The zero-order valence-electron chi connectivity index (χ0n) is 13.3. The Morgan fingerprint density at radius 2 is 1.56 bits per heavy atom. The van der Waals surface area contributed by atoms with E-state index in [1.165, 1.54) is 0 Å². The molecule has 2 N–H and O–H groups in total. The van der Waals surface area contributed by atoms with Gasteiger partial charge in [0.15, 0.2) is 0 Å². The van der Waals surface area contributed by atoms with Crippen LogP contribution in [0.3, 0.4) is 0 Å². The van der Waals surface area contributed by atoms with Gasteiger partial charge in [-0.05, 0) is 24.3 Å². The van der Waals surface area contributed by atoms with Crippen molar-refractivity contribution >= 4 is 11.8 Å². The molecule has 0 unspecified atom stereocenters. The first kappa shape index (κ1) is 16.4. The highest BCUT2D eigenvalue weighted by Gasteiger charge is 2.11. The number of hydrogen-bond acceptors (Lipinski definition) is 5. The first-order valence-corrected chi connectivity index (χ1v) is 7.70. The van der Waals surface area contributed by atoms with Gasteiger partial charge in [0.25, 0.3) is 5.91 Å². The second kappa shape index (κ2) is 7.87. The van der Waals surface area contributed by atoms with Gasteiger partial charge in [0, 0.05) is 11.1 Å². The van der Waals surface area contributed by atoms with Crippen LogP contribution >= 0.6 is 0 Å². The van der Waals surface area contributed by atoms with Crippen LogP contribution < -0.4 is 10.6 Å². The molecule has 7 heteroatoms. The van der Waals surface area contributed by atoms with Gasteiger partial charge in [-0.2, -0.15) is 0 Å². The molecule has 3 aromatic rings. The molecule has 0 spiro atoms. The van der Waals surface area contributed by atoms with Gasteiger partial charge in [-0.1, -0.05) is 36.4 Å². The topological polar surface area (TPSA) is 97.1 Å². The number of benzene rings is 2. The summed E-state index contributed by atoms with van der Waals surface area (Å²) in [6, 6.07) is 18.0. The average Bonchev–Trinajstić information content (AvgIpc) is 3.15. The first-order valence-electron chi connectivity index (χ1n) is 7.70. The van der Waals surface area contributed by atoms with Gasteiger partial charge in [0.1, 0.15) is 0 Å². The lowest BCUT2D eigenvalue weighted by Gasteiger charge is -2.05. The van der Waals surface area contributed by atoms with Crippen molar-refractivity contribution in [2.24, 2.45) is 0 Å². The van der Waals surface area contributed by atoms with Gasteiger partial charge in [-0.25, -0.2) is 0 Å². The van der Waals surface area contributed by atoms with Crippen molar-refractivity contribution in [1.29, 1.82) is 0 Å². The highest BCUT2D eigenvalue weighted by molar-refractivity contribution is 5.96. The molecule has 0 saturated heterocycles. The highest BCUT2D eigenvalue weighted by atomic mass is 16.4. The Bertz CT molecular complexity index is 847. The van der Waals surface area contributed by atoms with E-state index in [-0.39, 0.29) is 24.9 Å². The maximum Gasteiger partial charge on any atom is 0.251 e. The molecule has 1 aromatic heterocycles. The van der Waals surface area contributed by atoms with Gasteiger partial charge in [-0.15, -0.1) is 10.2 Å². The minimum absolute atomic E-state index is 0.0971. The van der Waals surface area contributed by atoms with Gasteiger partial charge < -0.3 is 15.1 Å². The summed E-state index contributed by atoms with van der Waals surface area (Å²) in [5.74, 6) is 0.0347. The van der Waals surface area contributed by atoms with Gasteiger partial charge in [0.2, 0.25) is 17.7 Å². The third kappa shape index (κ3) is 4.51. The van der Waals surface area contributed by atoms with Crippen molar-refractivity contribution in [2.45, 2.75) is 6.54 Å². The standard InChI is InChI=1S/C18H16N4O3/c23-15(11-20-17(24)13-7-3-1-4-8-13)19-12-16-21-22-18(25-16)14-9-5-2-6-10-14/h1-10H,11-12H2,(H,19,23)(H,20,24). The fourth-order valence-corrected chi connectivity index (χ4v) is 2.11. The van der Waals surface area contributed by atoms with Crippen molar-refractivity contribution in [1.82, 2.24) is 20.8 Å². The molecular weight excluding hydrogens is 320 g/mol. The van der Waals surface area contributed by atoms with E-state index in [9.17, 15) is 9.59 Å². The summed E-state index contributed by atoms with van der Waals surface area (Å²) in [7, 11) is 0. The Morgan fingerprint density at radius 1 is 0.880 bits per heavy atom. The van der Waals surface area contributed by atoms with Crippen molar-refractivity contribution in [3.05, 3.63) is 72.1 Å². The summed E-state index contributed by atoms with van der Waals surface area (Å²) in [5, 5.41) is 13.0. The van der Waals surface area contributed by atoms with Crippen molar-refractivity contribution < 1.29 is 14.0 Å². The van der Waals surface area contributed by atoms with Crippen LogP contribution in [-0.2, 0) is 11.3 Å². The number of nitrogens with one attached hydrogen (secondary N) is 2. The lowest BCUT2D eigenvalue weighted by Crippen LogP contribution is -2.36. The van der Waals surface area contributed by atoms with Crippen molar-refractivity contribution in [3.8, 4) is 11.5 Å². The predicted molar refractivity (Wildman–Crippen MR) is 90.4 cm³/mol. The van der Waals surface area contributed by atoms with Crippen LogP contribution in [0.4, 0.5) is 0 Å². The summed E-state index contributed by atoms with van der Waals surface area (Å²) >= 11 is 0. The fourth-order valence-electron chi connectivity index (χ4n) is 2.11. The Kier molecular flexibility index (Phi) is 5.16. The van der Waals surface area contributed by atoms with Crippen LogP contribution in [0.2, 0.25) is 0 Å². The Labute approximate surface area is 144 Å². The van der Waals surface area contributed by atoms with Crippen LogP contribution in [0.25, 0.3) is 11.5 Å². The van der Waals surface area contributed by atoms with Crippen LogP contribution in [0, 0.1) is 0 Å². The smallest absolute Gasteiger partial charge is 0.251 e. The number of carbonyl (C=O) groups excluding carboxylic acids is 2. The van der Waals surface area contributed by atoms with E-state index in [0.717, 1.165) is 5.56 Å². The van der Waals surface area contributed by atoms with Gasteiger partial charge in [-0.3, -0.25) is 9.59 Å². The Morgan fingerprint density at radius 3 is 2.28 bits per heavy atom. The zero-order chi connectivity index (χ0) is 17.5. The molecule has 2 amide bonds. The fraction of sp³-hybridized carbons (Fsp3) is 0.111. The Hall–Kier alpha value is -3.48. The molecule has 0 fully saturated rings. The van der Waals surface area contributed by atoms with E-state index in [4.69, 9.17) is 4.42 Å². The van der Waals surface area contributed by atoms with Crippen molar-refractivity contribution in [2.75, 3.05) is 6.54 Å². The number of nitrogens with zero attached hydrogens (tertiary/aromatic N) is 2. The van der Waals surface area contributed by atoms with E-state index < -0.39 is 0 Å². The summed E-state index contributed by atoms with van der Waals surface area (Å²) in [4.78, 5) is 23.7. The zero-order valence-corrected chi connectivity index (χ0v) is 13.3. The summed E-state index contributed by atoms with van der Waals surface area (Å²) in [6.45, 7) is -0.0344. The van der Waals surface area contributed by atoms with E-state index in [2.05, 4.69) is 20.8 Å².